The van der Waals surface area contributed by atoms with Crippen LogP contribution in [0, 0.1) is 0 Å². The average Bonchev–Trinajstić information content (AvgIpc) is 2.69. The van der Waals surface area contributed by atoms with Crippen LogP contribution in [-0.2, 0) is 19.9 Å². The standard InChI is InChI=1S/C13H24N4/c1-3-6-12-15-13(17(2)16-12)9-8-11-7-4-5-10-14-11/h11,14H,3-10H2,1-2H3. The molecule has 0 saturated carbocycles. The van der Waals surface area contributed by atoms with Crippen molar-refractivity contribution in [2.45, 2.75) is 57.9 Å². The predicted molar refractivity (Wildman–Crippen MR) is 69.0 cm³/mol. The molecule has 1 aromatic rings. The Kier molecular flexibility index (Phi) is 4.54. The summed E-state index contributed by atoms with van der Waals surface area (Å²) < 4.78 is 1.95. The van der Waals surface area contributed by atoms with E-state index in [0.717, 1.165) is 30.9 Å². The molecular weight excluding hydrogens is 212 g/mol. The molecule has 4 heteroatoms. The van der Waals surface area contributed by atoms with Gasteiger partial charge in [-0.05, 0) is 32.2 Å². The van der Waals surface area contributed by atoms with E-state index in [1.807, 2.05) is 11.7 Å². The molecule has 1 aromatic heterocycles. The van der Waals surface area contributed by atoms with Crippen LogP contribution in [0.3, 0.4) is 0 Å². The van der Waals surface area contributed by atoms with Crippen LogP contribution in [-0.4, -0.2) is 27.4 Å². The molecule has 4 nitrogen and oxygen atoms in total. The highest BCUT2D eigenvalue weighted by molar-refractivity contribution is 4.94. The van der Waals surface area contributed by atoms with Crippen LogP contribution >= 0.6 is 0 Å². The van der Waals surface area contributed by atoms with Crippen molar-refractivity contribution < 1.29 is 0 Å². The number of nitrogens with one attached hydrogen (secondary N) is 1. The smallest absolute Gasteiger partial charge is 0.150 e. The highest BCUT2D eigenvalue weighted by Crippen LogP contribution is 2.12. The van der Waals surface area contributed by atoms with Crippen LogP contribution in [0.1, 0.15) is 50.7 Å². The van der Waals surface area contributed by atoms with E-state index in [1.54, 1.807) is 0 Å². The molecule has 0 aromatic carbocycles. The largest absolute Gasteiger partial charge is 0.314 e. The maximum Gasteiger partial charge on any atom is 0.150 e. The molecule has 1 saturated heterocycles. The van der Waals surface area contributed by atoms with E-state index < -0.39 is 0 Å². The van der Waals surface area contributed by atoms with Crippen LogP contribution in [0.4, 0.5) is 0 Å². The molecule has 0 radical (unpaired) electrons. The van der Waals surface area contributed by atoms with Gasteiger partial charge in [0, 0.05) is 25.9 Å². The number of aromatic nitrogens is 3. The summed E-state index contributed by atoms with van der Waals surface area (Å²) in [6.07, 6.45) is 8.38. The van der Waals surface area contributed by atoms with Crippen LogP contribution in [0.25, 0.3) is 0 Å². The molecule has 1 aliphatic heterocycles. The highest BCUT2D eigenvalue weighted by atomic mass is 15.3. The fourth-order valence-corrected chi connectivity index (χ4v) is 2.50. The summed E-state index contributed by atoms with van der Waals surface area (Å²) in [7, 11) is 2.01. The summed E-state index contributed by atoms with van der Waals surface area (Å²) in [6.45, 7) is 3.35. The van der Waals surface area contributed by atoms with Gasteiger partial charge in [-0.1, -0.05) is 13.3 Å². The molecular formula is C13H24N4. The molecule has 1 fully saturated rings. The zero-order valence-electron chi connectivity index (χ0n) is 11.1. The van der Waals surface area contributed by atoms with Gasteiger partial charge in [0.15, 0.2) is 5.82 Å². The third-order valence-electron chi connectivity index (χ3n) is 3.50. The first kappa shape index (κ1) is 12.6. The second kappa shape index (κ2) is 6.15. The Morgan fingerprint density at radius 1 is 1.35 bits per heavy atom. The molecule has 1 unspecified atom stereocenters. The third kappa shape index (κ3) is 3.53. The van der Waals surface area contributed by atoms with Gasteiger partial charge in [-0.15, -0.1) is 0 Å². The van der Waals surface area contributed by atoms with E-state index in [4.69, 9.17) is 0 Å². The third-order valence-corrected chi connectivity index (χ3v) is 3.50. The van der Waals surface area contributed by atoms with Gasteiger partial charge in [-0.3, -0.25) is 4.68 Å². The van der Waals surface area contributed by atoms with Gasteiger partial charge in [-0.2, -0.15) is 5.10 Å². The summed E-state index contributed by atoms with van der Waals surface area (Å²) in [4.78, 5) is 4.61. The molecule has 1 atom stereocenters. The van der Waals surface area contributed by atoms with Crippen molar-refractivity contribution in [2.24, 2.45) is 7.05 Å². The van der Waals surface area contributed by atoms with E-state index in [-0.39, 0.29) is 0 Å². The highest BCUT2D eigenvalue weighted by Gasteiger charge is 2.14. The lowest BCUT2D eigenvalue weighted by Gasteiger charge is -2.22. The minimum absolute atomic E-state index is 0.690. The molecule has 2 heterocycles. The first-order valence-electron chi connectivity index (χ1n) is 6.91. The number of nitrogens with zero attached hydrogens (tertiary/aromatic N) is 3. The van der Waals surface area contributed by atoms with Gasteiger partial charge in [0.2, 0.25) is 0 Å². The van der Waals surface area contributed by atoms with Gasteiger partial charge in [0.25, 0.3) is 0 Å². The van der Waals surface area contributed by atoms with E-state index >= 15 is 0 Å². The summed E-state index contributed by atoms with van der Waals surface area (Å²) in [6, 6.07) is 0.690. The van der Waals surface area contributed by atoms with Crippen molar-refractivity contribution in [1.29, 1.82) is 0 Å². The molecule has 1 aliphatic rings. The molecule has 0 spiro atoms. The van der Waals surface area contributed by atoms with Gasteiger partial charge >= 0.3 is 0 Å². The van der Waals surface area contributed by atoms with Crippen molar-refractivity contribution in [3.8, 4) is 0 Å². The minimum atomic E-state index is 0.690. The molecule has 96 valence electrons. The van der Waals surface area contributed by atoms with Crippen molar-refractivity contribution >= 4 is 0 Å². The topological polar surface area (TPSA) is 42.7 Å². The summed E-state index contributed by atoms with van der Waals surface area (Å²) in [5.74, 6) is 2.14. The van der Waals surface area contributed by atoms with Gasteiger partial charge in [0.1, 0.15) is 5.82 Å². The molecule has 0 aliphatic carbocycles. The van der Waals surface area contributed by atoms with Crippen molar-refractivity contribution in [1.82, 2.24) is 20.1 Å². The van der Waals surface area contributed by atoms with Crippen LogP contribution in [0.2, 0.25) is 0 Å². The molecule has 2 rings (SSSR count). The Morgan fingerprint density at radius 3 is 2.94 bits per heavy atom. The van der Waals surface area contributed by atoms with Crippen molar-refractivity contribution in [2.75, 3.05) is 6.54 Å². The van der Waals surface area contributed by atoms with E-state index in [2.05, 4.69) is 22.3 Å². The zero-order valence-corrected chi connectivity index (χ0v) is 11.1. The fraction of sp³-hybridized carbons (Fsp3) is 0.846. The van der Waals surface area contributed by atoms with Crippen LogP contribution in [0.5, 0.6) is 0 Å². The maximum atomic E-state index is 4.61. The van der Waals surface area contributed by atoms with E-state index in [1.165, 1.54) is 32.2 Å². The molecule has 17 heavy (non-hydrogen) atoms. The molecule has 0 amide bonds. The lowest BCUT2D eigenvalue weighted by molar-refractivity contribution is 0.379. The van der Waals surface area contributed by atoms with Crippen LogP contribution < -0.4 is 5.32 Å². The maximum absolute atomic E-state index is 4.61. The predicted octanol–water partition coefficient (Wildman–Crippen LogP) is 1.84. The van der Waals surface area contributed by atoms with Crippen LogP contribution in [0.15, 0.2) is 0 Å². The Hall–Kier alpha value is -0.900. The minimum Gasteiger partial charge on any atom is -0.314 e. The van der Waals surface area contributed by atoms with Gasteiger partial charge in [-0.25, -0.2) is 4.98 Å². The lowest BCUT2D eigenvalue weighted by atomic mass is 10.0. The fourth-order valence-electron chi connectivity index (χ4n) is 2.50. The Labute approximate surface area is 104 Å². The number of hydrogen-bond donors (Lipinski definition) is 1. The molecule has 1 N–H and O–H groups in total. The Morgan fingerprint density at radius 2 is 2.24 bits per heavy atom. The number of aryl methyl sites for hydroxylation is 3. The summed E-state index contributed by atoms with van der Waals surface area (Å²) in [5, 5.41) is 8.03. The number of rotatable bonds is 5. The Balaban J connectivity index is 1.84. The van der Waals surface area contributed by atoms with Crippen molar-refractivity contribution in [3.63, 3.8) is 0 Å². The normalized spacial score (nSPS) is 20.7. The number of hydrogen-bond acceptors (Lipinski definition) is 3. The van der Waals surface area contributed by atoms with Crippen molar-refractivity contribution in [3.05, 3.63) is 11.6 Å². The summed E-state index contributed by atoms with van der Waals surface area (Å²) in [5.41, 5.74) is 0. The molecule has 0 bridgehead atoms. The second-order valence-electron chi connectivity index (χ2n) is 5.00. The average molecular weight is 236 g/mol. The Bertz CT molecular complexity index is 339. The monoisotopic (exact) mass is 236 g/mol. The summed E-state index contributed by atoms with van der Waals surface area (Å²) >= 11 is 0. The lowest BCUT2D eigenvalue weighted by Crippen LogP contribution is -2.34. The quantitative estimate of drug-likeness (QED) is 0.848. The van der Waals surface area contributed by atoms with E-state index in [9.17, 15) is 0 Å². The van der Waals surface area contributed by atoms with E-state index in [0.29, 0.717) is 6.04 Å². The SMILES string of the molecule is CCCc1nc(CCC2CCCCN2)n(C)n1. The number of piperidine rings is 1. The van der Waals surface area contributed by atoms with Gasteiger partial charge in [0.05, 0.1) is 0 Å². The second-order valence-corrected chi connectivity index (χ2v) is 5.00. The van der Waals surface area contributed by atoms with Gasteiger partial charge < -0.3 is 5.32 Å². The first-order valence-corrected chi connectivity index (χ1v) is 6.91. The first-order chi connectivity index (χ1) is 8.29. The zero-order chi connectivity index (χ0) is 12.1.